The Morgan fingerprint density at radius 3 is 2.31 bits per heavy atom. The number of hydrogen-bond donors (Lipinski definition) is 3. The molecule has 0 saturated carbocycles. The Balaban J connectivity index is 3.46. The summed E-state index contributed by atoms with van der Waals surface area (Å²) < 4.78 is 4.93. The van der Waals surface area contributed by atoms with Crippen LogP contribution in [0.3, 0.4) is 0 Å². The van der Waals surface area contributed by atoms with Crippen molar-refractivity contribution in [3.63, 3.8) is 0 Å². The maximum Gasteiger partial charge on any atom is 0.307 e. The number of unbranched alkanes of at least 4 members (excludes halogenated alkanes) is 1. The molecule has 6 nitrogen and oxygen atoms in total. The van der Waals surface area contributed by atoms with Crippen LogP contribution in [-0.2, 0) is 14.3 Å². The molecule has 1 atom stereocenters. The van der Waals surface area contributed by atoms with Crippen molar-refractivity contribution >= 4 is 11.9 Å². The average molecular weight is 231 g/mol. The second-order valence-corrected chi connectivity index (χ2v) is 3.63. The third kappa shape index (κ3) is 9.42. The first-order chi connectivity index (χ1) is 7.56. The molecular weight excluding hydrogens is 210 g/mol. The summed E-state index contributed by atoms with van der Waals surface area (Å²) in [5.41, 5.74) is 15.8. The van der Waals surface area contributed by atoms with Gasteiger partial charge in [-0.15, -0.1) is 0 Å². The van der Waals surface area contributed by atoms with E-state index in [1.54, 1.807) is 0 Å². The molecule has 0 aromatic rings. The highest BCUT2D eigenvalue weighted by molar-refractivity contribution is 5.73. The molecule has 0 radical (unpaired) electrons. The molecule has 0 aromatic carbocycles. The van der Waals surface area contributed by atoms with E-state index in [-0.39, 0.29) is 18.3 Å². The fourth-order valence-corrected chi connectivity index (χ4v) is 1.17. The summed E-state index contributed by atoms with van der Waals surface area (Å²) >= 11 is 0. The number of hydrogen-bond acceptors (Lipinski definition) is 5. The number of esters is 1. The summed E-state index contributed by atoms with van der Waals surface area (Å²) in [7, 11) is 0. The molecule has 0 heterocycles. The van der Waals surface area contributed by atoms with Crippen molar-refractivity contribution in [2.24, 2.45) is 17.2 Å². The van der Waals surface area contributed by atoms with Crippen molar-refractivity contribution in [1.82, 2.24) is 0 Å². The molecule has 0 bridgehead atoms. The van der Waals surface area contributed by atoms with E-state index >= 15 is 0 Å². The van der Waals surface area contributed by atoms with Gasteiger partial charge in [0.25, 0.3) is 0 Å². The van der Waals surface area contributed by atoms with E-state index in [0.29, 0.717) is 32.2 Å². The fraction of sp³-hybridized carbons (Fsp3) is 0.800. The Labute approximate surface area is 95.5 Å². The van der Waals surface area contributed by atoms with Crippen LogP contribution in [0.5, 0.6) is 0 Å². The number of rotatable bonds is 9. The Bertz CT molecular complexity index is 221. The van der Waals surface area contributed by atoms with Crippen molar-refractivity contribution in [3.05, 3.63) is 0 Å². The Kier molecular flexibility index (Phi) is 8.46. The molecule has 6 heteroatoms. The SMILES string of the molecule is NCCCC(N)OC(=O)CCCCC(N)=O. The predicted molar refractivity (Wildman–Crippen MR) is 60.0 cm³/mol. The van der Waals surface area contributed by atoms with Gasteiger partial charge in [0.15, 0.2) is 6.23 Å². The van der Waals surface area contributed by atoms with E-state index in [0.717, 1.165) is 6.42 Å². The maximum atomic E-state index is 11.2. The second kappa shape index (κ2) is 9.11. The number of amides is 1. The summed E-state index contributed by atoms with van der Waals surface area (Å²) in [6, 6.07) is 0. The maximum absolute atomic E-state index is 11.2. The zero-order valence-electron chi connectivity index (χ0n) is 9.48. The molecule has 1 amide bonds. The standard InChI is InChI=1S/C10H21N3O3/c11-7-3-5-9(13)16-10(15)6-2-1-4-8(12)14/h9H,1-7,11,13H2,(H2,12,14). The zero-order valence-corrected chi connectivity index (χ0v) is 9.48. The first-order valence-electron chi connectivity index (χ1n) is 5.49. The Morgan fingerprint density at radius 1 is 1.12 bits per heavy atom. The van der Waals surface area contributed by atoms with E-state index in [9.17, 15) is 9.59 Å². The third-order valence-electron chi connectivity index (χ3n) is 2.03. The van der Waals surface area contributed by atoms with E-state index in [4.69, 9.17) is 21.9 Å². The lowest BCUT2D eigenvalue weighted by molar-refractivity contribution is -0.149. The normalized spacial score (nSPS) is 12.1. The summed E-state index contributed by atoms with van der Waals surface area (Å²) in [6.07, 6.45) is 2.48. The highest BCUT2D eigenvalue weighted by Gasteiger charge is 2.09. The van der Waals surface area contributed by atoms with Crippen molar-refractivity contribution in [2.45, 2.75) is 44.8 Å². The molecule has 0 fully saturated rings. The molecule has 0 aliphatic carbocycles. The first kappa shape index (κ1) is 14.9. The van der Waals surface area contributed by atoms with E-state index in [2.05, 4.69) is 0 Å². The van der Waals surface area contributed by atoms with Gasteiger partial charge in [-0.3, -0.25) is 15.3 Å². The van der Waals surface area contributed by atoms with Crippen LogP contribution in [0.15, 0.2) is 0 Å². The lowest BCUT2D eigenvalue weighted by Crippen LogP contribution is -2.27. The van der Waals surface area contributed by atoms with E-state index in [1.165, 1.54) is 0 Å². The van der Waals surface area contributed by atoms with Crippen LogP contribution in [0.2, 0.25) is 0 Å². The molecule has 1 unspecified atom stereocenters. The third-order valence-corrected chi connectivity index (χ3v) is 2.03. The second-order valence-electron chi connectivity index (χ2n) is 3.63. The van der Waals surface area contributed by atoms with E-state index < -0.39 is 6.23 Å². The molecule has 0 aromatic heterocycles. The van der Waals surface area contributed by atoms with Gasteiger partial charge in [0, 0.05) is 12.8 Å². The van der Waals surface area contributed by atoms with Crippen molar-refractivity contribution in [3.8, 4) is 0 Å². The molecule has 6 N–H and O–H groups in total. The van der Waals surface area contributed by atoms with Crippen LogP contribution >= 0.6 is 0 Å². The topological polar surface area (TPSA) is 121 Å². The highest BCUT2D eigenvalue weighted by atomic mass is 16.6. The van der Waals surface area contributed by atoms with Gasteiger partial charge in [-0.05, 0) is 32.2 Å². The minimum absolute atomic E-state index is 0.267. The van der Waals surface area contributed by atoms with Gasteiger partial charge >= 0.3 is 5.97 Å². The predicted octanol–water partition coefficient (Wildman–Crippen LogP) is -0.401. The molecule has 0 rings (SSSR count). The van der Waals surface area contributed by atoms with Crippen molar-refractivity contribution in [2.75, 3.05) is 6.54 Å². The average Bonchev–Trinajstić information content (AvgIpc) is 2.21. The molecule has 0 aliphatic heterocycles. The van der Waals surface area contributed by atoms with Crippen LogP contribution < -0.4 is 17.2 Å². The number of carbonyl (C=O) groups excluding carboxylic acids is 2. The van der Waals surface area contributed by atoms with Crippen LogP contribution in [0.1, 0.15) is 38.5 Å². The molecular formula is C10H21N3O3. The Hall–Kier alpha value is -1.14. The van der Waals surface area contributed by atoms with Crippen LogP contribution in [0.25, 0.3) is 0 Å². The van der Waals surface area contributed by atoms with Gasteiger partial charge in [-0.2, -0.15) is 0 Å². The summed E-state index contributed by atoms with van der Waals surface area (Å²) in [5.74, 6) is -0.693. The van der Waals surface area contributed by atoms with Gasteiger partial charge in [0.1, 0.15) is 0 Å². The van der Waals surface area contributed by atoms with Crippen molar-refractivity contribution in [1.29, 1.82) is 0 Å². The first-order valence-corrected chi connectivity index (χ1v) is 5.49. The molecule has 16 heavy (non-hydrogen) atoms. The van der Waals surface area contributed by atoms with Gasteiger partial charge in [0.2, 0.25) is 5.91 Å². The van der Waals surface area contributed by atoms with Gasteiger partial charge in [0.05, 0.1) is 0 Å². The van der Waals surface area contributed by atoms with Gasteiger partial charge in [-0.1, -0.05) is 0 Å². The number of carbonyl (C=O) groups is 2. The molecule has 0 saturated heterocycles. The zero-order chi connectivity index (χ0) is 12.4. The summed E-state index contributed by atoms with van der Waals surface area (Å²) in [5, 5.41) is 0. The quantitative estimate of drug-likeness (QED) is 0.283. The minimum atomic E-state index is -0.577. The smallest absolute Gasteiger partial charge is 0.307 e. The lowest BCUT2D eigenvalue weighted by atomic mass is 10.2. The summed E-state index contributed by atoms with van der Waals surface area (Å²) in [6.45, 7) is 0.532. The highest BCUT2D eigenvalue weighted by Crippen LogP contribution is 2.03. The number of ether oxygens (including phenoxy) is 1. The minimum Gasteiger partial charge on any atom is -0.447 e. The van der Waals surface area contributed by atoms with Crippen molar-refractivity contribution < 1.29 is 14.3 Å². The van der Waals surface area contributed by atoms with Gasteiger partial charge in [-0.25, -0.2) is 0 Å². The van der Waals surface area contributed by atoms with E-state index in [1.807, 2.05) is 0 Å². The molecule has 0 aliphatic rings. The van der Waals surface area contributed by atoms with Crippen LogP contribution in [0.4, 0.5) is 0 Å². The van der Waals surface area contributed by atoms with Crippen LogP contribution in [-0.4, -0.2) is 24.6 Å². The largest absolute Gasteiger partial charge is 0.447 e. The fourth-order valence-electron chi connectivity index (χ4n) is 1.17. The number of nitrogens with two attached hydrogens (primary N) is 3. The monoisotopic (exact) mass is 231 g/mol. The van der Waals surface area contributed by atoms with Gasteiger partial charge < -0.3 is 16.2 Å². The summed E-state index contributed by atoms with van der Waals surface area (Å²) in [4.78, 5) is 21.6. The lowest BCUT2D eigenvalue weighted by Gasteiger charge is -2.12. The Morgan fingerprint density at radius 2 is 1.75 bits per heavy atom. The van der Waals surface area contributed by atoms with Crippen LogP contribution in [0, 0.1) is 0 Å². The molecule has 94 valence electrons. The molecule has 0 spiro atoms. The number of primary amides is 1.